The van der Waals surface area contributed by atoms with Crippen LogP contribution in [0.3, 0.4) is 0 Å². The molecule has 0 spiro atoms. The molecule has 1 N–H and O–H groups in total. The zero-order valence-electron chi connectivity index (χ0n) is 18.7. The molecule has 0 fully saturated rings. The SMILES string of the molecule is CC(C)n1cnnc1-c1cccc(NC(=O)c2cc3c(ccn3Cc3ccccn3)cc2F)n1. The van der Waals surface area contributed by atoms with Gasteiger partial charge in [-0.25, -0.2) is 9.37 Å². The quantitative estimate of drug-likeness (QED) is 0.400. The summed E-state index contributed by atoms with van der Waals surface area (Å²) in [7, 11) is 0. The number of aromatic nitrogens is 6. The standard InChI is InChI=1S/C25H22FN7O/c1-16(2)33-15-28-31-24(33)21-7-5-8-23(29-21)30-25(34)19-13-22-17(12-20(19)26)9-11-32(22)14-18-6-3-4-10-27-18/h3-13,15-16H,14H2,1-2H3,(H,29,30,34). The fourth-order valence-corrected chi connectivity index (χ4v) is 3.80. The summed E-state index contributed by atoms with van der Waals surface area (Å²) in [5, 5.41) is 11.5. The van der Waals surface area contributed by atoms with Crippen LogP contribution in [0.4, 0.5) is 10.2 Å². The molecular weight excluding hydrogens is 433 g/mol. The lowest BCUT2D eigenvalue weighted by atomic mass is 10.1. The van der Waals surface area contributed by atoms with Crippen LogP contribution in [0.2, 0.25) is 0 Å². The van der Waals surface area contributed by atoms with Gasteiger partial charge in [0.15, 0.2) is 5.82 Å². The van der Waals surface area contributed by atoms with Gasteiger partial charge in [0.1, 0.15) is 23.7 Å². The van der Waals surface area contributed by atoms with Crippen LogP contribution in [0.1, 0.15) is 35.9 Å². The molecular formula is C25H22FN7O. The van der Waals surface area contributed by atoms with Crippen molar-refractivity contribution < 1.29 is 9.18 Å². The summed E-state index contributed by atoms with van der Waals surface area (Å²) < 4.78 is 18.7. The highest BCUT2D eigenvalue weighted by Crippen LogP contribution is 2.23. The Morgan fingerprint density at radius 1 is 1.12 bits per heavy atom. The second-order valence-electron chi connectivity index (χ2n) is 8.17. The van der Waals surface area contributed by atoms with Crippen molar-refractivity contribution >= 4 is 22.6 Å². The van der Waals surface area contributed by atoms with Gasteiger partial charge in [-0.2, -0.15) is 0 Å². The second kappa shape index (κ2) is 8.86. The van der Waals surface area contributed by atoms with Crippen molar-refractivity contribution in [1.82, 2.24) is 29.3 Å². The molecule has 0 saturated heterocycles. The average molecular weight is 455 g/mol. The van der Waals surface area contributed by atoms with E-state index in [2.05, 4.69) is 25.5 Å². The van der Waals surface area contributed by atoms with E-state index in [0.29, 0.717) is 29.3 Å². The second-order valence-corrected chi connectivity index (χ2v) is 8.17. The van der Waals surface area contributed by atoms with E-state index < -0.39 is 11.7 Å². The van der Waals surface area contributed by atoms with Gasteiger partial charge in [0.05, 0.1) is 17.8 Å². The van der Waals surface area contributed by atoms with Gasteiger partial charge in [-0.3, -0.25) is 9.78 Å². The lowest BCUT2D eigenvalue weighted by Crippen LogP contribution is -2.15. The van der Waals surface area contributed by atoms with E-state index in [9.17, 15) is 9.18 Å². The first kappa shape index (κ1) is 21.4. The van der Waals surface area contributed by atoms with E-state index >= 15 is 0 Å². The average Bonchev–Trinajstić information content (AvgIpc) is 3.47. The predicted molar refractivity (Wildman–Crippen MR) is 127 cm³/mol. The van der Waals surface area contributed by atoms with Gasteiger partial charge < -0.3 is 14.5 Å². The van der Waals surface area contributed by atoms with Gasteiger partial charge in [-0.05, 0) is 56.3 Å². The van der Waals surface area contributed by atoms with Gasteiger partial charge in [0.25, 0.3) is 5.91 Å². The summed E-state index contributed by atoms with van der Waals surface area (Å²) in [4.78, 5) is 21.8. The summed E-state index contributed by atoms with van der Waals surface area (Å²) in [6, 6.07) is 15.8. The molecule has 5 rings (SSSR count). The molecule has 0 radical (unpaired) electrons. The molecule has 4 aromatic heterocycles. The highest BCUT2D eigenvalue weighted by molar-refractivity contribution is 6.06. The van der Waals surface area contributed by atoms with Crippen molar-refractivity contribution in [2.45, 2.75) is 26.4 Å². The van der Waals surface area contributed by atoms with Crippen molar-refractivity contribution in [3.05, 3.63) is 90.4 Å². The van der Waals surface area contributed by atoms with Gasteiger partial charge in [0, 0.05) is 29.3 Å². The molecule has 0 aliphatic heterocycles. The molecule has 34 heavy (non-hydrogen) atoms. The van der Waals surface area contributed by atoms with E-state index in [0.717, 1.165) is 11.2 Å². The maximum atomic E-state index is 14.8. The molecule has 8 nitrogen and oxygen atoms in total. The molecule has 0 saturated carbocycles. The number of hydrogen-bond acceptors (Lipinski definition) is 5. The normalized spacial score (nSPS) is 11.3. The minimum Gasteiger partial charge on any atom is -0.341 e. The maximum Gasteiger partial charge on any atom is 0.259 e. The maximum absolute atomic E-state index is 14.8. The molecule has 5 aromatic rings. The molecule has 170 valence electrons. The fourth-order valence-electron chi connectivity index (χ4n) is 3.80. The Balaban J connectivity index is 1.43. The Kier molecular flexibility index (Phi) is 5.59. The minimum absolute atomic E-state index is 0.0639. The number of nitrogens with one attached hydrogen (secondary N) is 1. The van der Waals surface area contributed by atoms with E-state index in [1.165, 1.54) is 6.07 Å². The van der Waals surface area contributed by atoms with Crippen molar-refractivity contribution in [3.63, 3.8) is 0 Å². The lowest BCUT2D eigenvalue weighted by Gasteiger charge is -2.11. The lowest BCUT2D eigenvalue weighted by molar-refractivity contribution is 0.102. The topological polar surface area (TPSA) is 90.5 Å². The first-order valence-corrected chi connectivity index (χ1v) is 10.9. The number of carbonyl (C=O) groups excluding carboxylic acids is 1. The first-order valence-electron chi connectivity index (χ1n) is 10.9. The molecule has 1 aromatic carbocycles. The van der Waals surface area contributed by atoms with Crippen molar-refractivity contribution in [3.8, 4) is 11.5 Å². The van der Waals surface area contributed by atoms with Gasteiger partial charge in [-0.1, -0.05) is 12.1 Å². The summed E-state index contributed by atoms with van der Waals surface area (Å²) in [5.74, 6) is -0.300. The molecule has 0 unspecified atom stereocenters. The number of nitrogens with zero attached hydrogens (tertiary/aromatic N) is 6. The van der Waals surface area contributed by atoms with Crippen molar-refractivity contribution in [2.24, 2.45) is 0 Å². The summed E-state index contributed by atoms with van der Waals surface area (Å²) in [6.45, 7) is 4.54. The Morgan fingerprint density at radius 3 is 2.79 bits per heavy atom. The smallest absolute Gasteiger partial charge is 0.259 e. The minimum atomic E-state index is -0.601. The van der Waals surface area contributed by atoms with Crippen LogP contribution in [-0.2, 0) is 6.54 Å². The Labute approximate surface area is 195 Å². The highest BCUT2D eigenvalue weighted by atomic mass is 19.1. The van der Waals surface area contributed by atoms with Crippen LogP contribution in [0, 0.1) is 5.82 Å². The van der Waals surface area contributed by atoms with Crippen LogP contribution in [0.25, 0.3) is 22.4 Å². The van der Waals surface area contributed by atoms with Gasteiger partial charge >= 0.3 is 0 Å². The molecule has 0 bridgehead atoms. The number of anilines is 1. The molecule has 0 aliphatic carbocycles. The van der Waals surface area contributed by atoms with E-state index in [1.807, 2.05) is 53.4 Å². The van der Waals surface area contributed by atoms with Gasteiger partial charge in [0.2, 0.25) is 0 Å². The zero-order valence-corrected chi connectivity index (χ0v) is 18.7. The molecule has 4 heterocycles. The summed E-state index contributed by atoms with van der Waals surface area (Å²) >= 11 is 0. The predicted octanol–water partition coefficient (Wildman–Crippen LogP) is 4.71. The van der Waals surface area contributed by atoms with Crippen LogP contribution in [0.5, 0.6) is 0 Å². The molecule has 9 heteroatoms. The Bertz CT molecular complexity index is 1470. The number of halogens is 1. The number of fused-ring (bicyclic) bond motifs is 1. The van der Waals surface area contributed by atoms with Crippen LogP contribution < -0.4 is 5.32 Å². The van der Waals surface area contributed by atoms with E-state index in [4.69, 9.17) is 0 Å². The van der Waals surface area contributed by atoms with Crippen LogP contribution >= 0.6 is 0 Å². The number of amides is 1. The third-order valence-corrected chi connectivity index (χ3v) is 5.51. The molecule has 0 atom stereocenters. The van der Waals surface area contributed by atoms with Crippen molar-refractivity contribution in [1.29, 1.82) is 0 Å². The van der Waals surface area contributed by atoms with Gasteiger partial charge in [-0.15, -0.1) is 10.2 Å². The highest BCUT2D eigenvalue weighted by Gasteiger charge is 2.17. The van der Waals surface area contributed by atoms with Crippen LogP contribution in [-0.4, -0.2) is 35.2 Å². The number of benzene rings is 1. The Morgan fingerprint density at radius 2 is 2.00 bits per heavy atom. The fraction of sp³-hybridized carbons (Fsp3) is 0.160. The number of pyridine rings is 2. The largest absolute Gasteiger partial charge is 0.341 e. The van der Waals surface area contributed by atoms with E-state index in [1.54, 1.807) is 36.8 Å². The van der Waals surface area contributed by atoms with E-state index in [-0.39, 0.29) is 11.6 Å². The zero-order chi connectivity index (χ0) is 23.7. The van der Waals surface area contributed by atoms with Crippen molar-refractivity contribution in [2.75, 3.05) is 5.32 Å². The molecule has 1 amide bonds. The first-order chi connectivity index (χ1) is 16.5. The number of carbonyl (C=O) groups is 1. The number of hydrogen-bond donors (Lipinski definition) is 1. The third-order valence-electron chi connectivity index (χ3n) is 5.51. The summed E-state index contributed by atoms with van der Waals surface area (Å²) in [6.07, 6.45) is 5.22. The summed E-state index contributed by atoms with van der Waals surface area (Å²) in [5.41, 5.74) is 2.10. The number of rotatable bonds is 6. The third kappa shape index (κ3) is 4.15. The Hall–Kier alpha value is -4.40. The molecule has 0 aliphatic rings. The monoisotopic (exact) mass is 455 g/mol. The van der Waals surface area contributed by atoms with Crippen LogP contribution in [0.15, 0.2) is 73.3 Å².